The van der Waals surface area contributed by atoms with Gasteiger partial charge in [0.2, 0.25) is 5.43 Å². The summed E-state index contributed by atoms with van der Waals surface area (Å²) >= 11 is 0. The maximum absolute atomic E-state index is 15.5. The van der Waals surface area contributed by atoms with E-state index in [0.29, 0.717) is 19.6 Å². The molecule has 0 bridgehead atoms. The highest BCUT2D eigenvalue weighted by Crippen LogP contribution is 2.40. The molecule has 1 unspecified atom stereocenters. The second-order valence-electron chi connectivity index (χ2n) is 7.52. The summed E-state index contributed by atoms with van der Waals surface area (Å²) in [4.78, 5) is 27.2. The molecule has 1 aromatic heterocycles. The van der Waals surface area contributed by atoms with Gasteiger partial charge in [0, 0.05) is 31.7 Å². The Bertz CT molecular complexity index is 1020. The molecule has 0 spiro atoms. The number of hydrogen-bond acceptors (Lipinski definition) is 5. The van der Waals surface area contributed by atoms with Gasteiger partial charge in [-0.05, 0) is 32.9 Å². The van der Waals surface area contributed by atoms with Crippen LogP contribution in [-0.4, -0.2) is 53.5 Å². The van der Waals surface area contributed by atoms with E-state index in [1.165, 1.54) is 10.8 Å². The number of carbonyl (C=O) groups is 1. The number of likely N-dealkylation sites (N-methyl/N-ethyl adjacent to an activating group) is 1. The lowest BCUT2D eigenvalue weighted by Gasteiger charge is -2.39. The Morgan fingerprint density at radius 3 is 2.61 bits per heavy atom. The Hall–Kier alpha value is -2.68. The molecule has 0 radical (unpaired) electrons. The highest BCUT2D eigenvalue weighted by atomic mass is 19.1. The van der Waals surface area contributed by atoms with Crippen LogP contribution in [0.2, 0.25) is 0 Å². The first-order valence-electron chi connectivity index (χ1n) is 9.20. The van der Waals surface area contributed by atoms with E-state index in [9.17, 15) is 14.0 Å². The SMILES string of the molecule is CC1CN(c2c(F)cc3c(=O)c(OC(=O)O)cn(C4CC4)c3c2F)CCN1C. The Morgan fingerprint density at radius 1 is 1.29 bits per heavy atom. The lowest BCUT2D eigenvalue weighted by molar-refractivity contribution is 0.143. The number of aromatic nitrogens is 1. The molecule has 1 aliphatic carbocycles. The number of halogens is 2. The van der Waals surface area contributed by atoms with Crippen molar-refractivity contribution in [2.75, 3.05) is 31.6 Å². The zero-order chi connectivity index (χ0) is 20.2. The normalized spacial score (nSPS) is 20.6. The molecule has 1 saturated carbocycles. The van der Waals surface area contributed by atoms with Crippen molar-refractivity contribution in [3.05, 3.63) is 34.1 Å². The van der Waals surface area contributed by atoms with Gasteiger partial charge >= 0.3 is 6.16 Å². The van der Waals surface area contributed by atoms with Crippen LogP contribution in [-0.2, 0) is 0 Å². The third kappa shape index (κ3) is 3.09. The molecule has 1 atom stereocenters. The molecular formula is C19H21F2N3O4. The first-order chi connectivity index (χ1) is 13.3. The summed E-state index contributed by atoms with van der Waals surface area (Å²) in [5, 5.41) is 8.63. The predicted octanol–water partition coefficient (Wildman–Crippen LogP) is 2.81. The quantitative estimate of drug-likeness (QED) is 0.809. The number of carboxylic acid groups (broad SMARTS) is 1. The minimum atomic E-state index is -1.65. The average Bonchev–Trinajstić information content (AvgIpc) is 3.45. The Labute approximate surface area is 159 Å². The van der Waals surface area contributed by atoms with Gasteiger partial charge in [-0.25, -0.2) is 13.6 Å². The Kier molecular flexibility index (Phi) is 4.49. The van der Waals surface area contributed by atoms with Crippen LogP contribution in [0.4, 0.5) is 19.3 Å². The fourth-order valence-corrected chi connectivity index (χ4v) is 3.76. The summed E-state index contributed by atoms with van der Waals surface area (Å²) in [6, 6.07) is 1.05. The number of pyridine rings is 1. The summed E-state index contributed by atoms with van der Waals surface area (Å²) in [7, 11) is 1.96. The van der Waals surface area contributed by atoms with Gasteiger partial charge in [-0.1, -0.05) is 0 Å². The van der Waals surface area contributed by atoms with Crippen LogP contribution >= 0.6 is 0 Å². The first-order valence-corrected chi connectivity index (χ1v) is 9.20. The number of piperazine rings is 1. The molecule has 1 aromatic carbocycles. The summed E-state index contributed by atoms with van der Waals surface area (Å²) in [6.07, 6.45) is 1.10. The largest absolute Gasteiger partial charge is 0.511 e. The minimum Gasteiger partial charge on any atom is -0.449 e. The monoisotopic (exact) mass is 393 g/mol. The van der Waals surface area contributed by atoms with E-state index in [1.54, 1.807) is 4.90 Å². The molecule has 4 rings (SSSR count). The Balaban J connectivity index is 1.92. The highest BCUT2D eigenvalue weighted by molar-refractivity contribution is 5.86. The van der Waals surface area contributed by atoms with Crippen molar-refractivity contribution in [1.29, 1.82) is 0 Å². The molecule has 2 aromatic rings. The third-order valence-electron chi connectivity index (χ3n) is 5.56. The van der Waals surface area contributed by atoms with Gasteiger partial charge in [0.1, 0.15) is 11.5 Å². The molecule has 0 amide bonds. The van der Waals surface area contributed by atoms with Gasteiger partial charge < -0.3 is 24.2 Å². The zero-order valence-electron chi connectivity index (χ0n) is 15.6. The topological polar surface area (TPSA) is 75.0 Å². The summed E-state index contributed by atoms with van der Waals surface area (Å²) in [5.74, 6) is -2.09. The fraction of sp³-hybridized carbons (Fsp3) is 0.474. The smallest absolute Gasteiger partial charge is 0.449 e. The van der Waals surface area contributed by atoms with E-state index >= 15 is 4.39 Å². The molecule has 1 saturated heterocycles. The second kappa shape index (κ2) is 6.73. The Morgan fingerprint density at radius 2 is 2.00 bits per heavy atom. The van der Waals surface area contributed by atoms with Crippen molar-refractivity contribution in [1.82, 2.24) is 9.47 Å². The van der Waals surface area contributed by atoms with Gasteiger partial charge in [-0.15, -0.1) is 0 Å². The average molecular weight is 393 g/mol. The van der Waals surface area contributed by atoms with Gasteiger partial charge in [-0.3, -0.25) is 4.79 Å². The molecule has 150 valence electrons. The van der Waals surface area contributed by atoms with E-state index < -0.39 is 29.0 Å². The summed E-state index contributed by atoms with van der Waals surface area (Å²) < 4.78 is 36.5. The van der Waals surface area contributed by atoms with Crippen molar-refractivity contribution < 1.29 is 23.4 Å². The van der Waals surface area contributed by atoms with Crippen LogP contribution in [0.1, 0.15) is 25.8 Å². The van der Waals surface area contributed by atoms with Gasteiger partial charge in [0.15, 0.2) is 11.6 Å². The van der Waals surface area contributed by atoms with E-state index in [4.69, 9.17) is 5.11 Å². The van der Waals surface area contributed by atoms with E-state index in [1.807, 2.05) is 14.0 Å². The lowest BCUT2D eigenvalue weighted by atomic mass is 10.1. The van der Waals surface area contributed by atoms with Crippen molar-refractivity contribution in [3.63, 3.8) is 0 Å². The number of ether oxygens (including phenoxy) is 1. The van der Waals surface area contributed by atoms with Crippen LogP contribution in [0.5, 0.6) is 5.75 Å². The fourth-order valence-electron chi connectivity index (χ4n) is 3.76. The van der Waals surface area contributed by atoms with Crippen LogP contribution in [0.3, 0.4) is 0 Å². The van der Waals surface area contributed by atoms with Crippen molar-refractivity contribution in [2.24, 2.45) is 0 Å². The number of benzene rings is 1. The molecule has 9 heteroatoms. The van der Waals surface area contributed by atoms with Gasteiger partial charge in [-0.2, -0.15) is 0 Å². The standard InChI is InChI=1S/C19H21F2N3O4/c1-10-8-23(6-5-22(10)2)17-13(20)7-12-16(15(17)21)24(11-3-4-11)9-14(18(12)25)28-19(26)27/h7,9-11H,3-6,8H2,1-2H3,(H,26,27). The highest BCUT2D eigenvalue weighted by Gasteiger charge is 2.32. The molecule has 2 aliphatic rings. The number of rotatable bonds is 3. The van der Waals surface area contributed by atoms with Crippen molar-refractivity contribution >= 4 is 22.7 Å². The summed E-state index contributed by atoms with van der Waals surface area (Å²) in [6.45, 7) is 3.58. The van der Waals surface area contributed by atoms with Crippen LogP contribution in [0, 0.1) is 11.6 Å². The minimum absolute atomic E-state index is 0.00628. The van der Waals surface area contributed by atoms with E-state index in [0.717, 1.165) is 18.9 Å². The second-order valence-corrected chi connectivity index (χ2v) is 7.52. The van der Waals surface area contributed by atoms with Gasteiger partial charge in [0.25, 0.3) is 0 Å². The molecule has 7 nitrogen and oxygen atoms in total. The number of anilines is 1. The molecule has 2 heterocycles. The van der Waals surface area contributed by atoms with Crippen LogP contribution in [0.25, 0.3) is 10.9 Å². The maximum atomic E-state index is 15.5. The number of nitrogens with zero attached hydrogens (tertiary/aromatic N) is 3. The first kappa shape index (κ1) is 18.7. The van der Waals surface area contributed by atoms with Crippen molar-refractivity contribution in [2.45, 2.75) is 31.8 Å². The van der Waals surface area contributed by atoms with Gasteiger partial charge in [0.05, 0.1) is 17.1 Å². The lowest BCUT2D eigenvalue weighted by Crippen LogP contribution is -2.50. The molecular weight excluding hydrogens is 372 g/mol. The summed E-state index contributed by atoms with van der Waals surface area (Å²) in [5.41, 5.74) is -0.994. The van der Waals surface area contributed by atoms with Crippen LogP contribution in [0.15, 0.2) is 17.1 Å². The molecule has 1 N–H and O–H groups in total. The maximum Gasteiger partial charge on any atom is 0.511 e. The van der Waals surface area contributed by atoms with Crippen molar-refractivity contribution in [3.8, 4) is 5.75 Å². The number of hydrogen-bond donors (Lipinski definition) is 1. The van der Waals surface area contributed by atoms with E-state index in [-0.39, 0.29) is 28.7 Å². The van der Waals surface area contributed by atoms with Crippen LogP contribution < -0.4 is 15.1 Å². The van der Waals surface area contributed by atoms with E-state index in [2.05, 4.69) is 9.64 Å². The third-order valence-corrected chi connectivity index (χ3v) is 5.56. The number of fused-ring (bicyclic) bond motifs is 1. The molecule has 28 heavy (non-hydrogen) atoms. The predicted molar refractivity (Wildman–Crippen MR) is 99.4 cm³/mol. The molecule has 2 fully saturated rings. The molecule has 1 aliphatic heterocycles. The zero-order valence-corrected chi connectivity index (χ0v) is 15.6.